The van der Waals surface area contributed by atoms with Crippen LogP contribution in [0.15, 0.2) is 42.7 Å². The zero-order chi connectivity index (χ0) is 17.8. The maximum atomic E-state index is 10.5. The number of nitrogens with one attached hydrogen (secondary N) is 1. The maximum absolute atomic E-state index is 10.5. The molecule has 1 saturated heterocycles. The Morgan fingerprint density at radius 3 is 2.81 bits per heavy atom. The molecule has 0 radical (unpaired) electrons. The lowest BCUT2D eigenvalue weighted by atomic mass is 10.1. The molecule has 2 aliphatic rings. The highest BCUT2D eigenvalue weighted by molar-refractivity contribution is 5.53. The molecule has 140 valence electrons. The molecule has 1 aromatic heterocycles. The van der Waals surface area contributed by atoms with Gasteiger partial charge in [-0.25, -0.2) is 0 Å². The number of aliphatic hydroxyl groups is 1. The number of morpholine rings is 1. The lowest BCUT2D eigenvalue weighted by Gasteiger charge is -2.31. The molecule has 1 aliphatic carbocycles. The summed E-state index contributed by atoms with van der Waals surface area (Å²) in [5.74, 6) is 0.469. The largest absolute Gasteiger partial charge is 0.391 e. The predicted octanol–water partition coefficient (Wildman–Crippen LogP) is 1.65. The molecule has 3 atom stereocenters. The van der Waals surface area contributed by atoms with Crippen molar-refractivity contribution < 1.29 is 9.84 Å². The summed E-state index contributed by atoms with van der Waals surface area (Å²) in [6.07, 6.45) is 5.34. The molecule has 0 bridgehead atoms. The molecule has 26 heavy (non-hydrogen) atoms. The van der Waals surface area contributed by atoms with Gasteiger partial charge in [0, 0.05) is 50.3 Å². The summed E-state index contributed by atoms with van der Waals surface area (Å²) in [6, 6.07) is 10.6. The molecule has 1 aromatic carbocycles. The standard InChI is InChI=1S/C20H28N4O2/c25-20-13-16(15-24-7-3-6-22-24)12-18(20)21-14-17-4-1-2-5-19(17)23-8-10-26-11-9-23/h1-7,16,18,20-21,25H,8-15H2/t16?,18-,20-/m1/s1. The zero-order valence-corrected chi connectivity index (χ0v) is 15.1. The van der Waals surface area contributed by atoms with E-state index in [0.29, 0.717) is 5.92 Å². The number of para-hydroxylation sites is 1. The summed E-state index contributed by atoms with van der Waals surface area (Å²) in [7, 11) is 0. The van der Waals surface area contributed by atoms with E-state index in [0.717, 1.165) is 52.2 Å². The van der Waals surface area contributed by atoms with E-state index >= 15 is 0 Å². The van der Waals surface area contributed by atoms with E-state index in [1.165, 1.54) is 11.3 Å². The van der Waals surface area contributed by atoms with Gasteiger partial charge in [-0.05, 0) is 36.5 Å². The molecular formula is C20H28N4O2. The van der Waals surface area contributed by atoms with Crippen molar-refractivity contribution in [2.45, 2.75) is 38.1 Å². The van der Waals surface area contributed by atoms with E-state index in [2.05, 4.69) is 39.6 Å². The Labute approximate surface area is 154 Å². The Hall–Kier alpha value is -1.89. The predicted molar refractivity (Wildman–Crippen MR) is 101 cm³/mol. The summed E-state index contributed by atoms with van der Waals surface area (Å²) in [6.45, 7) is 5.12. The third-order valence-corrected chi connectivity index (χ3v) is 5.53. The Kier molecular flexibility index (Phi) is 5.53. The van der Waals surface area contributed by atoms with Crippen LogP contribution in [0.5, 0.6) is 0 Å². The maximum Gasteiger partial charge on any atom is 0.0696 e. The van der Waals surface area contributed by atoms with Gasteiger partial charge in [-0.2, -0.15) is 5.10 Å². The number of anilines is 1. The van der Waals surface area contributed by atoms with Crippen LogP contribution in [0.1, 0.15) is 18.4 Å². The van der Waals surface area contributed by atoms with E-state index in [1.807, 2.05) is 23.1 Å². The van der Waals surface area contributed by atoms with Crippen molar-refractivity contribution in [2.24, 2.45) is 5.92 Å². The molecule has 1 unspecified atom stereocenters. The van der Waals surface area contributed by atoms with Crippen LogP contribution >= 0.6 is 0 Å². The van der Waals surface area contributed by atoms with Crippen molar-refractivity contribution in [2.75, 3.05) is 31.2 Å². The average molecular weight is 356 g/mol. The lowest BCUT2D eigenvalue weighted by Crippen LogP contribution is -2.38. The molecule has 2 fully saturated rings. The van der Waals surface area contributed by atoms with Crippen LogP contribution in [0.2, 0.25) is 0 Å². The quantitative estimate of drug-likeness (QED) is 0.824. The summed E-state index contributed by atoms with van der Waals surface area (Å²) in [5.41, 5.74) is 2.57. The molecule has 1 saturated carbocycles. The second kappa shape index (κ2) is 8.20. The second-order valence-electron chi connectivity index (χ2n) is 7.35. The SMILES string of the molecule is O[C@@H]1CC(Cn2cccn2)C[C@H]1NCc1ccccc1N1CCOCC1. The van der Waals surface area contributed by atoms with Crippen LogP contribution in [0.3, 0.4) is 0 Å². The van der Waals surface area contributed by atoms with Crippen molar-refractivity contribution in [3.05, 3.63) is 48.3 Å². The van der Waals surface area contributed by atoms with Crippen LogP contribution in [0.4, 0.5) is 5.69 Å². The Bertz CT molecular complexity index is 685. The molecule has 1 aliphatic heterocycles. The van der Waals surface area contributed by atoms with Crippen LogP contribution in [-0.2, 0) is 17.8 Å². The topological polar surface area (TPSA) is 62.5 Å². The van der Waals surface area contributed by atoms with Crippen LogP contribution in [0, 0.1) is 5.92 Å². The molecule has 6 nitrogen and oxygen atoms in total. The second-order valence-corrected chi connectivity index (χ2v) is 7.35. The van der Waals surface area contributed by atoms with Crippen LogP contribution < -0.4 is 10.2 Å². The monoisotopic (exact) mass is 356 g/mol. The fraction of sp³-hybridized carbons (Fsp3) is 0.550. The van der Waals surface area contributed by atoms with Gasteiger partial charge in [0.1, 0.15) is 0 Å². The summed E-state index contributed by atoms with van der Waals surface area (Å²) in [4.78, 5) is 2.39. The lowest BCUT2D eigenvalue weighted by molar-refractivity contribution is 0.122. The first-order valence-corrected chi connectivity index (χ1v) is 9.59. The molecule has 0 spiro atoms. The minimum Gasteiger partial charge on any atom is -0.391 e. The first-order valence-electron chi connectivity index (χ1n) is 9.59. The molecule has 2 heterocycles. The van der Waals surface area contributed by atoms with Gasteiger partial charge in [0.05, 0.1) is 19.3 Å². The first-order chi connectivity index (χ1) is 12.8. The number of aromatic nitrogens is 2. The number of hydrogen-bond acceptors (Lipinski definition) is 5. The van der Waals surface area contributed by atoms with Gasteiger partial charge in [0.15, 0.2) is 0 Å². The van der Waals surface area contributed by atoms with Gasteiger partial charge >= 0.3 is 0 Å². The summed E-state index contributed by atoms with van der Waals surface area (Å²) in [5, 5.41) is 18.3. The summed E-state index contributed by atoms with van der Waals surface area (Å²) >= 11 is 0. The van der Waals surface area contributed by atoms with E-state index in [9.17, 15) is 5.11 Å². The highest BCUT2D eigenvalue weighted by Gasteiger charge is 2.33. The van der Waals surface area contributed by atoms with E-state index in [4.69, 9.17) is 4.74 Å². The third-order valence-electron chi connectivity index (χ3n) is 5.53. The van der Waals surface area contributed by atoms with E-state index in [1.54, 1.807) is 0 Å². The Morgan fingerprint density at radius 2 is 2.00 bits per heavy atom. The molecule has 0 amide bonds. The highest BCUT2D eigenvalue weighted by Crippen LogP contribution is 2.28. The third kappa shape index (κ3) is 4.09. The number of rotatable bonds is 6. The van der Waals surface area contributed by atoms with Crippen molar-refractivity contribution in [1.82, 2.24) is 15.1 Å². The smallest absolute Gasteiger partial charge is 0.0696 e. The first kappa shape index (κ1) is 17.5. The van der Waals surface area contributed by atoms with Gasteiger partial charge in [-0.15, -0.1) is 0 Å². The minimum atomic E-state index is -0.286. The molecule has 2 N–H and O–H groups in total. The highest BCUT2D eigenvalue weighted by atomic mass is 16.5. The van der Waals surface area contributed by atoms with Gasteiger partial charge < -0.3 is 20.1 Å². The van der Waals surface area contributed by atoms with Gasteiger partial charge in [-0.1, -0.05) is 18.2 Å². The van der Waals surface area contributed by atoms with Crippen molar-refractivity contribution in [1.29, 1.82) is 0 Å². The number of benzene rings is 1. The average Bonchev–Trinajstić information content (AvgIpc) is 3.31. The van der Waals surface area contributed by atoms with Crippen LogP contribution in [0.25, 0.3) is 0 Å². The zero-order valence-electron chi connectivity index (χ0n) is 15.1. The Morgan fingerprint density at radius 1 is 1.15 bits per heavy atom. The minimum absolute atomic E-state index is 0.147. The molecule has 2 aromatic rings. The van der Waals surface area contributed by atoms with Gasteiger partial charge in [0.25, 0.3) is 0 Å². The van der Waals surface area contributed by atoms with Crippen molar-refractivity contribution >= 4 is 5.69 Å². The van der Waals surface area contributed by atoms with Crippen molar-refractivity contribution in [3.63, 3.8) is 0 Å². The fourth-order valence-corrected chi connectivity index (χ4v) is 4.17. The number of hydrogen-bond donors (Lipinski definition) is 2. The number of aliphatic hydroxyl groups excluding tert-OH is 1. The molecule has 4 rings (SSSR count). The van der Waals surface area contributed by atoms with Crippen molar-refractivity contribution in [3.8, 4) is 0 Å². The van der Waals surface area contributed by atoms with Crippen LogP contribution in [-0.4, -0.2) is 53.3 Å². The fourth-order valence-electron chi connectivity index (χ4n) is 4.17. The number of nitrogens with zero attached hydrogens (tertiary/aromatic N) is 3. The number of ether oxygens (including phenoxy) is 1. The Balaban J connectivity index is 1.35. The summed E-state index contributed by atoms with van der Waals surface area (Å²) < 4.78 is 7.44. The van der Waals surface area contributed by atoms with E-state index in [-0.39, 0.29) is 12.1 Å². The van der Waals surface area contributed by atoms with Gasteiger partial charge in [0.2, 0.25) is 0 Å². The molecule has 6 heteroatoms. The normalized spacial score (nSPS) is 26.3. The van der Waals surface area contributed by atoms with Gasteiger partial charge in [-0.3, -0.25) is 4.68 Å². The molecular weight excluding hydrogens is 328 g/mol. The van der Waals surface area contributed by atoms with E-state index < -0.39 is 0 Å².